The average molecular weight is 1030 g/mol. The molecule has 2 N–H and O–H groups in total. The maximum Gasteiger partial charge on any atom is 0.263 e. The minimum Gasteiger partial charge on any atom is -0.494 e. The third-order valence-corrected chi connectivity index (χ3v) is 16.6. The molecule has 6 heterocycles. The lowest BCUT2D eigenvalue weighted by atomic mass is 9.83. The van der Waals surface area contributed by atoms with Crippen LogP contribution in [0.3, 0.4) is 0 Å². The van der Waals surface area contributed by atoms with E-state index in [2.05, 4.69) is 20.5 Å². The maximum absolute atomic E-state index is 14.2. The first-order chi connectivity index (χ1) is 35.9. The number of rotatable bonds is 19. The van der Waals surface area contributed by atoms with Gasteiger partial charge in [-0.05, 0) is 115 Å². The number of carbonyl (C=O) groups excluding carboxylic acids is 5. The number of pyridine rings is 2. The van der Waals surface area contributed by atoms with Gasteiger partial charge in [0.1, 0.15) is 34.0 Å². The van der Waals surface area contributed by atoms with E-state index >= 15 is 0 Å². The van der Waals surface area contributed by atoms with Gasteiger partial charge < -0.3 is 30.1 Å². The Kier molecular flexibility index (Phi) is 16.9. The van der Waals surface area contributed by atoms with Gasteiger partial charge in [0.25, 0.3) is 5.56 Å². The summed E-state index contributed by atoms with van der Waals surface area (Å²) in [6.45, 7) is 8.64. The van der Waals surface area contributed by atoms with Gasteiger partial charge in [-0.2, -0.15) is 0 Å². The molecule has 392 valence electrons. The topological polar surface area (TPSA) is 202 Å². The molecule has 3 atom stereocenters. The van der Waals surface area contributed by atoms with Crippen LogP contribution in [-0.2, 0) is 20.8 Å². The van der Waals surface area contributed by atoms with Crippen molar-refractivity contribution >= 4 is 57.3 Å². The molecule has 2 aliphatic heterocycles. The summed E-state index contributed by atoms with van der Waals surface area (Å²) in [7, 11) is 1.74. The van der Waals surface area contributed by atoms with Crippen LogP contribution in [0.4, 0.5) is 5.69 Å². The largest absolute Gasteiger partial charge is 0.494 e. The highest BCUT2D eigenvalue weighted by Crippen LogP contribution is 2.37. The van der Waals surface area contributed by atoms with Crippen molar-refractivity contribution in [3.05, 3.63) is 103 Å². The molecule has 4 aromatic heterocycles. The van der Waals surface area contributed by atoms with Crippen LogP contribution in [0.25, 0.3) is 11.0 Å². The van der Waals surface area contributed by atoms with Crippen LogP contribution in [0, 0.1) is 12.8 Å². The number of anilines is 1. The molecule has 18 heteroatoms. The fourth-order valence-electron chi connectivity index (χ4n) is 11.3. The van der Waals surface area contributed by atoms with E-state index in [4.69, 9.17) is 19.7 Å². The molecule has 1 aromatic carbocycles. The van der Waals surface area contributed by atoms with Gasteiger partial charge in [-0.15, -0.1) is 11.3 Å². The van der Waals surface area contributed by atoms with Crippen molar-refractivity contribution < 1.29 is 28.7 Å². The second-order valence-corrected chi connectivity index (χ2v) is 21.5. The van der Waals surface area contributed by atoms with Crippen molar-refractivity contribution in [2.75, 3.05) is 51.3 Å². The Morgan fingerprint density at radius 1 is 0.865 bits per heavy atom. The predicted molar refractivity (Wildman–Crippen MR) is 284 cm³/mol. The Bertz CT molecular complexity index is 2900. The lowest BCUT2D eigenvalue weighted by Crippen LogP contribution is -2.55. The zero-order valence-electron chi connectivity index (χ0n) is 43.3. The van der Waals surface area contributed by atoms with Gasteiger partial charge >= 0.3 is 0 Å². The second kappa shape index (κ2) is 23.9. The summed E-state index contributed by atoms with van der Waals surface area (Å²) in [6.07, 6.45) is 16.2. The maximum atomic E-state index is 14.2. The first-order valence-electron chi connectivity index (χ1n) is 26.8. The van der Waals surface area contributed by atoms with Gasteiger partial charge in [0.2, 0.25) is 23.5 Å². The van der Waals surface area contributed by atoms with Crippen molar-refractivity contribution in [2.24, 2.45) is 5.92 Å². The molecule has 0 spiro atoms. The molecule has 2 saturated heterocycles. The fraction of sp³-hybridized carbons (Fsp3) is 0.536. The van der Waals surface area contributed by atoms with Crippen LogP contribution in [0.1, 0.15) is 164 Å². The molecular formula is C56H70N10O7S. The van der Waals surface area contributed by atoms with Crippen molar-refractivity contribution in [2.45, 2.75) is 141 Å². The number of likely N-dealkylation sites (N-methyl/N-ethyl adjacent to an activating group) is 1. The first kappa shape index (κ1) is 52.5. The van der Waals surface area contributed by atoms with Crippen molar-refractivity contribution in [1.82, 2.24) is 44.9 Å². The molecule has 0 radical (unpaired) electrons. The van der Waals surface area contributed by atoms with Gasteiger partial charge in [0.05, 0.1) is 42.6 Å². The summed E-state index contributed by atoms with van der Waals surface area (Å²) in [5.74, 6) is 0.644. The molecule has 4 fully saturated rings. The lowest BCUT2D eigenvalue weighted by Gasteiger charge is -2.36. The number of ketones is 2. The van der Waals surface area contributed by atoms with E-state index in [9.17, 15) is 28.8 Å². The molecule has 4 aliphatic rings. The smallest absolute Gasteiger partial charge is 0.263 e. The van der Waals surface area contributed by atoms with Crippen LogP contribution < -0.4 is 25.8 Å². The number of carbonyl (C=O) groups is 5. The number of piperazine rings is 1. The third-order valence-electron chi connectivity index (χ3n) is 15.7. The summed E-state index contributed by atoms with van der Waals surface area (Å²) in [4.78, 5) is 105. The van der Waals surface area contributed by atoms with Gasteiger partial charge in [0.15, 0.2) is 5.78 Å². The SMILES string of the molecule is CN[C@@H](C)C(=O)N[C@H](C(=O)N1CCC[C@H]1c1nc(C(=O)c2cccc(OCCCCC(=O)N3CCN(c4ccc(Cc5ncc6c(C)c(C(C)=O)c(=O)n(C7CCCC7)c6n5)nc4)CC3)c2)cs1)C1CCCCC1. The number of nitrogens with one attached hydrogen (secondary N) is 2. The molecule has 9 rings (SSSR count). The normalized spacial score (nSPS) is 18.4. The standard InChI is InChI=1S/C56H70N10O7S/c1-35-44-33-59-47(61-52(44)66(41-17-8-9-18-41)55(71)49(35)37(3)67)31-40-22-23-42(32-58-40)63-25-27-64(28-26-63)48(68)21-10-11-29-73-43-19-12-16-39(30-43)51(69)45-34-74-54(60-45)46-20-13-24-65(46)56(72)50(38-14-6-5-7-15-38)62-53(70)36(2)57-4/h12,16,19,22-23,30,32-34,36,38,41,46,50,57H,5-11,13-15,17-18,20-21,24-29,31H2,1-4H3,(H,62,70)/t36-,46-,50-/m0/s1. The van der Waals surface area contributed by atoms with Crippen LogP contribution in [0.15, 0.2) is 59.0 Å². The molecular weight excluding hydrogens is 957 g/mol. The number of likely N-dealkylation sites (tertiary alicyclic amines) is 1. The highest BCUT2D eigenvalue weighted by molar-refractivity contribution is 7.10. The van der Waals surface area contributed by atoms with Crippen LogP contribution in [0.2, 0.25) is 0 Å². The van der Waals surface area contributed by atoms with E-state index in [1.54, 1.807) is 55.2 Å². The summed E-state index contributed by atoms with van der Waals surface area (Å²) >= 11 is 1.39. The number of unbranched alkanes of at least 4 members (excludes halogenated alkanes) is 1. The molecule has 17 nitrogen and oxygen atoms in total. The summed E-state index contributed by atoms with van der Waals surface area (Å²) in [5.41, 5.74) is 3.73. The average Bonchev–Trinajstić information content (AvgIpc) is 4.25. The summed E-state index contributed by atoms with van der Waals surface area (Å²) in [5, 5.41) is 9.30. The van der Waals surface area contributed by atoms with Crippen molar-refractivity contribution in [1.29, 1.82) is 0 Å². The number of nitrogens with zero attached hydrogens (tertiary/aromatic N) is 8. The molecule has 0 unspecified atom stereocenters. The Morgan fingerprint density at radius 3 is 2.36 bits per heavy atom. The Morgan fingerprint density at radius 2 is 1.64 bits per heavy atom. The molecule has 3 amide bonds. The third kappa shape index (κ3) is 11.8. The number of hydrogen-bond donors (Lipinski definition) is 2. The molecule has 0 bridgehead atoms. The number of benzene rings is 1. The number of amides is 3. The second-order valence-electron chi connectivity index (χ2n) is 20.6. The fourth-order valence-corrected chi connectivity index (χ4v) is 12.3. The first-order valence-corrected chi connectivity index (χ1v) is 27.7. The van der Waals surface area contributed by atoms with Crippen molar-refractivity contribution in [3.63, 3.8) is 0 Å². The Balaban J connectivity index is 0.719. The molecule has 74 heavy (non-hydrogen) atoms. The minimum absolute atomic E-state index is 0.0146. The predicted octanol–water partition coefficient (Wildman–Crippen LogP) is 7.33. The van der Waals surface area contributed by atoms with Crippen LogP contribution in [-0.4, -0.2) is 122 Å². The number of hydrogen-bond acceptors (Lipinski definition) is 14. The van der Waals surface area contributed by atoms with Crippen molar-refractivity contribution in [3.8, 4) is 5.75 Å². The summed E-state index contributed by atoms with van der Waals surface area (Å²) < 4.78 is 7.80. The lowest BCUT2D eigenvalue weighted by molar-refractivity contribution is -0.139. The zero-order valence-corrected chi connectivity index (χ0v) is 44.1. The molecule has 2 aliphatic carbocycles. The van der Waals surface area contributed by atoms with E-state index in [0.29, 0.717) is 99.1 Å². The molecule has 5 aromatic rings. The van der Waals surface area contributed by atoms with E-state index in [1.165, 1.54) is 18.3 Å². The number of fused-ring (bicyclic) bond motifs is 1. The Labute approximate surface area is 436 Å². The van der Waals surface area contributed by atoms with Gasteiger partial charge in [-0.3, -0.25) is 38.3 Å². The molecule has 2 saturated carbocycles. The van der Waals surface area contributed by atoms with Gasteiger partial charge in [0, 0.05) is 73.4 Å². The number of Topliss-reactive ketones (excluding diaryl/α,β-unsaturated/α-hetero) is 1. The highest BCUT2D eigenvalue weighted by Gasteiger charge is 2.40. The number of aryl methyl sites for hydroxylation is 1. The van der Waals surface area contributed by atoms with E-state index in [0.717, 1.165) is 92.4 Å². The number of aromatic nitrogens is 5. The van der Waals surface area contributed by atoms with Crippen LogP contribution >= 0.6 is 11.3 Å². The van der Waals surface area contributed by atoms with Gasteiger partial charge in [-0.25, -0.2) is 15.0 Å². The Hall–Kier alpha value is -6.40. The van der Waals surface area contributed by atoms with E-state index in [1.807, 2.05) is 34.2 Å². The zero-order chi connectivity index (χ0) is 51.9. The number of ether oxygens (including phenoxy) is 1. The minimum atomic E-state index is -0.587. The van der Waals surface area contributed by atoms with Crippen LogP contribution in [0.5, 0.6) is 5.75 Å². The quantitative estimate of drug-likeness (QED) is 0.0616. The van der Waals surface area contributed by atoms with E-state index < -0.39 is 12.1 Å². The number of thiazole rings is 1. The highest BCUT2D eigenvalue weighted by atomic mass is 32.1. The van der Waals surface area contributed by atoms with Gasteiger partial charge in [-0.1, -0.05) is 44.2 Å². The monoisotopic (exact) mass is 1030 g/mol. The van der Waals surface area contributed by atoms with E-state index in [-0.39, 0.29) is 58.4 Å². The summed E-state index contributed by atoms with van der Waals surface area (Å²) in [6, 6.07) is 9.87.